The summed E-state index contributed by atoms with van der Waals surface area (Å²) in [5, 5.41) is 3.72. The molecule has 1 N–H and O–H groups in total. The fourth-order valence-corrected chi connectivity index (χ4v) is 2.01. The molecule has 0 bridgehead atoms. The standard InChI is InChI=1S/C15H18ClN3/c1-11-4-6-12(7-5-11)19(3)10-14-13(16)8-9-15(17-2)18-14/h4-9H,10H2,1-3H3,(H,17,18). The lowest BCUT2D eigenvalue weighted by atomic mass is 10.2. The molecule has 0 atom stereocenters. The zero-order chi connectivity index (χ0) is 13.8. The molecule has 2 aromatic rings. The van der Waals surface area contributed by atoms with Crippen molar-refractivity contribution in [2.75, 3.05) is 24.3 Å². The minimum absolute atomic E-state index is 0.678. The lowest BCUT2D eigenvalue weighted by Gasteiger charge is -2.20. The fraction of sp³-hybridized carbons (Fsp3) is 0.267. The Labute approximate surface area is 119 Å². The predicted molar refractivity (Wildman–Crippen MR) is 82.1 cm³/mol. The zero-order valence-electron chi connectivity index (χ0n) is 11.4. The summed E-state index contributed by atoms with van der Waals surface area (Å²) in [6, 6.07) is 12.2. The molecule has 0 saturated heterocycles. The number of rotatable bonds is 4. The van der Waals surface area contributed by atoms with Crippen molar-refractivity contribution < 1.29 is 0 Å². The van der Waals surface area contributed by atoms with Crippen LogP contribution in [0.3, 0.4) is 0 Å². The van der Waals surface area contributed by atoms with E-state index in [-0.39, 0.29) is 0 Å². The van der Waals surface area contributed by atoms with Crippen molar-refractivity contribution in [3.8, 4) is 0 Å². The van der Waals surface area contributed by atoms with Gasteiger partial charge in [0.25, 0.3) is 0 Å². The molecule has 0 aliphatic carbocycles. The Bertz CT molecular complexity index is 552. The van der Waals surface area contributed by atoms with Gasteiger partial charge in [0.15, 0.2) is 0 Å². The summed E-state index contributed by atoms with van der Waals surface area (Å²) in [6.45, 7) is 2.76. The number of nitrogens with one attached hydrogen (secondary N) is 1. The van der Waals surface area contributed by atoms with Gasteiger partial charge in [0.05, 0.1) is 17.3 Å². The van der Waals surface area contributed by atoms with E-state index in [1.54, 1.807) is 0 Å². The number of halogens is 1. The lowest BCUT2D eigenvalue weighted by Crippen LogP contribution is -2.17. The summed E-state index contributed by atoms with van der Waals surface area (Å²) < 4.78 is 0. The lowest BCUT2D eigenvalue weighted by molar-refractivity contribution is 0.886. The molecule has 0 spiro atoms. The molecule has 100 valence electrons. The second-order valence-corrected chi connectivity index (χ2v) is 4.97. The van der Waals surface area contributed by atoms with E-state index in [2.05, 4.69) is 46.4 Å². The second-order valence-electron chi connectivity index (χ2n) is 4.57. The van der Waals surface area contributed by atoms with Gasteiger partial charge in [-0.05, 0) is 31.2 Å². The van der Waals surface area contributed by atoms with Crippen molar-refractivity contribution in [1.29, 1.82) is 0 Å². The quantitative estimate of drug-likeness (QED) is 0.922. The van der Waals surface area contributed by atoms with Crippen molar-refractivity contribution in [3.63, 3.8) is 0 Å². The third-order valence-corrected chi connectivity index (χ3v) is 3.38. The van der Waals surface area contributed by atoms with Crippen LogP contribution in [0.2, 0.25) is 5.02 Å². The Hall–Kier alpha value is -1.74. The topological polar surface area (TPSA) is 28.2 Å². The Balaban J connectivity index is 2.18. The van der Waals surface area contributed by atoms with Crippen LogP contribution >= 0.6 is 11.6 Å². The van der Waals surface area contributed by atoms with Gasteiger partial charge in [-0.25, -0.2) is 4.98 Å². The molecule has 0 fully saturated rings. The Kier molecular flexibility index (Phi) is 4.27. The molecular formula is C15H18ClN3. The molecule has 0 unspecified atom stereocenters. The summed E-state index contributed by atoms with van der Waals surface area (Å²) in [7, 11) is 3.89. The number of pyridine rings is 1. The number of aromatic nitrogens is 1. The smallest absolute Gasteiger partial charge is 0.126 e. The van der Waals surface area contributed by atoms with Crippen LogP contribution in [-0.2, 0) is 6.54 Å². The van der Waals surface area contributed by atoms with Crippen molar-refractivity contribution in [2.45, 2.75) is 13.5 Å². The average Bonchev–Trinajstić information content (AvgIpc) is 2.42. The first kappa shape index (κ1) is 13.7. The maximum atomic E-state index is 6.19. The highest BCUT2D eigenvalue weighted by atomic mass is 35.5. The molecule has 0 aliphatic rings. The molecule has 1 heterocycles. The molecule has 2 rings (SSSR count). The Morgan fingerprint density at radius 3 is 2.47 bits per heavy atom. The average molecular weight is 276 g/mol. The van der Waals surface area contributed by atoms with Gasteiger partial charge in [-0.15, -0.1) is 0 Å². The summed E-state index contributed by atoms with van der Waals surface area (Å²) in [4.78, 5) is 6.62. The highest BCUT2D eigenvalue weighted by Gasteiger charge is 2.08. The van der Waals surface area contributed by atoms with E-state index in [1.807, 2.05) is 26.2 Å². The SMILES string of the molecule is CNc1ccc(Cl)c(CN(C)c2ccc(C)cc2)n1. The molecule has 0 radical (unpaired) electrons. The highest BCUT2D eigenvalue weighted by Crippen LogP contribution is 2.21. The van der Waals surface area contributed by atoms with Gasteiger partial charge in [-0.2, -0.15) is 0 Å². The van der Waals surface area contributed by atoms with Crippen molar-refractivity contribution >= 4 is 23.1 Å². The van der Waals surface area contributed by atoms with Gasteiger partial charge >= 0.3 is 0 Å². The highest BCUT2D eigenvalue weighted by molar-refractivity contribution is 6.31. The summed E-state index contributed by atoms with van der Waals surface area (Å²) in [5.74, 6) is 0.830. The van der Waals surface area contributed by atoms with E-state index < -0.39 is 0 Å². The van der Waals surface area contributed by atoms with Crippen molar-refractivity contribution in [3.05, 3.63) is 52.7 Å². The maximum Gasteiger partial charge on any atom is 0.126 e. The molecular weight excluding hydrogens is 258 g/mol. The van der Waals surface area contributed by atoms with Gasteiger partial charge < -0.3 is 10.2 Å². The minimum atomic E-state index is 0.678. The molecule has 1 aromatic carbocycles. The van der Waals surface area contributed by atoms with Crippen LogP contribution in [0.1, 0.15) is 11.3 Å². The van der Waals surface area contributed by atoms with E-state index in [0.717, 1.165) is 17.2 Å². The third-order valence-electron chi connectivity index (χ3n) is 3.04. The number of nitrogens with zero attached hydrogens (tertiary/aromatic N) is 2. The van der Waals surface area contributed by atoms with Gasteiger partial charge in [0.1, 0.15) is 5.82 Å². The van der Waals surface area contributed by atoms with E-state index in [9.17, 15) is 0 Å². The van der Waals surface area contributed by atoms with E-state index >= 15 is 0 Å². The molecule has 0 aliphatic heterocycles. The van der Waals surface area contributed by atoms with E-state index in [1.165, 1.54) is 5.56 Å². The van der Waals surface area contributed by atoms with Crippen LogP contribution in [-0.4, -0.2) is 19.1 Å². The molecule has 1 aromatic heterocycles. The van der Waals surface area contributed by atoms with Crippen LogP contribution < -0.4 is 10.2 Å². The van der Waals surface area contributed by atoms with Crippen molar-refractivity contribution in [1.82, 2.24) is 4.98 Å². The predicted octanol–water partition coefficient (Wildman–Crippen LogP) is 3.72. The van der Waals surface area contributed by atoms with E-state index in [0.29, 0.717) is 11.6 Å². The summed E-state index contributed by atoms with van der Waals surface area (Å²) in [6.07, 6.45) is 0. The van der Waals surface area contributed by atoms with Gasteiger partial charge in [0.2, 0.25) is 0 Å². The molecule has 19 heavy (non-hydrogen) atoms. The third kappa shape index (κ3) is 3.38. The van der Waals surface area contributed by atoms with Crippen LogP contribution in [0.5, 0.6) is 0 Å². The normalized spacial score (nSPS) is 10.3. The number of aryl methyl sites for hydroxylation is 1. The minimum Gasteiger partial charge on any atom is -0.373 e. The monoisotopic (exact) mass is 275 g/mol. The molecule has 4 heteroatoms. The first-order valence-electron chi connectivity index (χ1n) is 6.21. The number of hydrogen-bond donors (Lipinski definition) is 1. The fourth-order valence-electron chi connectivity index (χ4n) is 1.85. The summed E-state index contributed by atoms with van der Waals surface area (Å²) in [5.41, 5.74) is 3.28. The number of benzene rings is 1. The van der Waals surface area contributed by atoms with Crippen LogP contribution in [0.4, 0.5) is 11.5 Å². The first-order valence-corrected chi connectivity index (χ1v) is 6.59. The van der Waals surface area contributed by atoms with Gasteiger partial charge in [0, 0.05) is 19.8 Å². The maximum absolute atomic E-state index is 6.19. The number of anilines is 2. The van der Waals surface area contributed by atoms with Gasteiger partial charge in [-0.3, -0.25) is 0 Å². The Morgan fingerprint density at radius 2 is 1.84 bits per heavy atom. The summed E-state index contributed by atoms with van der Waals surface area (Å²) >= 11 is 6.19. The van der Waals surface area contributed by atoms with Crippen molar-refractivity contribution in [2.24, 2.45) is 0 Å². The Morgan fingerprint density at radius 1 is 1.16 bits per heavy atom. The zero-order valence-corrected chi connectivity index (χ0v) is 12.2. The van der Waals surface area contributed by atoms with Crippen LogP contribution in [0.25, 0.3) is 0 Å². The largest absolute Gasteiger partial charge is 0.373 e. The first-order chi connectivity index (χ1) is 9.10. The second kappa shape index (κ2) is 5.93. The molecule has 3 nitrogen and oxygen atoms in total. The number of hydrogen-bond acceptors (Lipinski definition) is 3. The van der Waals surface area contributed by atoms with E-state index in [4.69, 9.17) is 11.6 Å². The van der Waals surface area contributed by atoms with Crippen LogP contribution in [0.15, 0.2) is 36.4 Å². The molecule has 0 saturated carbocycles. The van der Waals surface area contributed by atoms with Gasteiger partial charge in [-0.1, -0.05) is 29.3 Å². The molecule has 0 amide bonds. The van der Waals surface area contributed by atoms with Crippen LogP contribution in [0, 0.1) is 6.92 Å².